The lowest BCUT2D eigenvalue weighted by Crippen LogP contribution is -2.42. The Labute approximate surface area is 162 Å². The minimum atomic E-state index is -0.522. The number of ether oxygens (including phenoxy) is 1. The largest absolute Gasteiger partial charge is 0.456 e. The van der Waals surface area contributed by atoms with Gasteiger partial charge in [0.25, 0.3) is 0 Å². The smallest absolute Gasteiger partial charge is 0.338 e. The number of carbonyl (C=O) groups excluding carboxylic acids is 2. The molecule has 0 bridgehead atoms. The zero-order valence-electron chi connectivity index (χ0n) is 16.7. The standard InChI is InChI=1S/C22H32N2O3/c1-22(2,3)27-21(26)16-9-11-17(12-10-16)24-20(25)19-18(13-14-23-19)15-7-5-4-6-8-15/h9-12,15,18-19,23H,4-8,13-14H2,1-3H3,(H,24,25)/t18-,19-/m1/s1. The predicted molar refractivity (Wildman–Crippen MR) is 107 cm³/mol. The molecule has 0 radical (unpaired) electrons. The summed E-state index contributed by atoms with van der Waals surface area (Å²) < 4.78 is 5.37. The maximum absolute atomic E-state index is 12.8. The third kappa shape index (κ3) is 5.32. The van der Waals surface area contributed by atoms with E-state index in [1.807, 2.05) is 20.8 Å². The van der Waals surface area contributed by atoms with Crippen molar-refractivity contribution in [3.63, 3.8) is 0 Å². The summed E-state index contributed by atoms with van der Waals surface area (Å²) in [5.74, 6) is 0.786. The molecule has 1 heterocycles. The SMILES string of the molecule is CC(C)(C)OC(=O)c1ccc(NC(=O)[C@@H]2NCC[C@@H]2C2CCCCC2)cc1. The molecular formula is C22H32N2O3. The minimum absolute atomic E-state index is 0.0353. The van der Waals surface area contributed by atoms with Crippen LogP contribution in [0.2, 0.25) is 0 Å². The van der Waals surface area contributed by atoms with E-state index in [1.165, 1.54) is 32.1 Å². The lowest BCUT2D eigenvalue weighted by Gasteiger charge is -2.30. The second-order valence-electron chi connectivity index (χ2n) is 8.85. The summed E-state index contributed by atoms with van der Waals surface area (Å²) >= 11 is 0. The number of hydrogen-bond acceptors (Lipinski definition) is 4. The van der Waals surface area contributed by atoms with Gasteiger partial charge in [-0.2, -0.15) is 0 Å². The van der Waals surface area contributed by atoms with Gasteiger partial charge in [-0.25, -0.2) is 4.79 Å². The molecule has 1 aromatic rings. The van der Waals surface area contributed by atoms with Crippen LogP contribution >= 0.6 is 0 Å². The second kappa shape index (κ2) is 8.42. The molecule has 1 amide bonds. The Kier molecular flexibility index (Phi) is 6.20. The predicted octanol–water partition coefficient (Wildman–Crippen LogP) is 4.14. The molecule has 3 rings (SSSR count). The monoisotopic (exact) mass is 372 g/mol. The van der Waals surface area contributed by atoms with E-state index in [0.717, 1.165) is 13.0 Å². The Hall–Kier alpha value is -1.88. The first-order chi connectivity index (χ1) is 12.8. The molecule has 1 saturated heterocycles. The van der Waals surface area contributed by atoms with Crippen molar-refractivity contribution in [2.45, 2.75) is 70.9 Å². The third-order valence-electron chi connectivity index (χ3n) is 5.59. The molecule has 0 unspecified atom stereocenters. The minimum Gasteiger partial charge on any atom is -0.456 e. The van der Waals surface area contributed by atoms with E-state index < -0.39 is 5.60 Å². The normalized spacial score (nSPS) is 23.8. The fourth-order valence-electron chi connectivity index (χ4n) is 4.33. The van der Waals surface area contributed by atoms with Gasteiger partial charge in [0.15, 0.2) is 0 Å². The Morgan fingerprint density at radius 2 is 1.70 bits per heavy atom. The molecule has 1 aromatic carbocycles. The van der Waals surface area contributed by atoms with Gasteiger partial charge in [-0.15, -0.1) is 0 Å². The highest BCUT2D eigenvalue weighted by molar-refractivity contribution is 5.96. The molecule has 5 heteroatoms. The summed E-state index contributed by atoms with van der Waals surface area (Å²) in [6.45, 7) is 6.45. The summed E-state index contributed by atoms with van der Waals surface area (Å²) in [5.41, 5.74) is 0.678. The Morgan fingerprint density at radius 3 is 2.33 bits per heavy atom. The first-order valence-corrected chi connectivity index (χ1v) is 10.2. The summed E-state index contributed by atoms with van der Waals surface area (Å²) in [4.78, 5) is 24.9. The number of hydrogen-bond donors (Lipinski definition) is 2. The quantitative estimate of drug-likeness (QED) is 0.780. The van der Waals surface area contributed by atoms with Crippen molar-refractivity contribution >= 4 is 17.6 Å². The number of rotatable bonds is 4. The third-order valence-corrected chi connectivity index (χ3v) is 5.59. The van der Waals surface area contributed by atoms with Crippen LogP contribution in [0.15, 0.2) is 24.3 Å². The maximum atomic E-state index is 12.8. The van der Waals surface area contributed by atoms with Crippen molar-refractivity contribution in [2.75, 3.05) is 11.9 Å². The van der Waals surface area contributed by atoms with Crippen LogP contribution in [-0.2, 0) is 9.53 Å². The second-order valence-corrected chi connectivity index (χ2v) is 8.85. The zero-order valence-corrected chi connectivity index (χ0v) is 16.7. The van der Waals surface area contributed by atoms with Crippen LogP contribution in [0, 0.1) is 11.8 Å². The van der Waals surface area contributed by atoms with Crippen LogP contribution in [-0.4, -0.2) is 30.1 Å². The van der Waals surface area contributed by atoms with Crippen molar-refractivity contribution in [3.05, 3.63) is 29.8 Å². The van der Waals surface area contributed by atoms with Crippen LogP contribution in [0.3, 0.4) is 0 Å². The molecule has 1 saturated carbocycles. The number of benzene rings is 1. The zero-order chi connectivity index (χ0) is 19.4. The van der Waals surface area contributed by atoms with E-state index >= 15 is 0 Å². The summed E-state index contributed by atoms with van der Waals surface area (Å²) in [7, 11) is 0. The molecule has 1 aliphatic heterocycles. The van der Waals surface area contributed by atoms with Crippen LogP contribution in [0.1, 0.15) is 69.7 Å². The van der Waals surface area contributed by atoms with Gasteiger partial charge in [0.2, 0.25) is 5.91 Å². The number of amides is 1. The highest BCUT2D eigenvalue weighted by Crippen LogP contribution is 2.36. The van der Waals surface area contributed by atoms with Crippen molar-refractivity contribution in [1.29, 1.82) is 0 Å². The van der Waals surface area contributed by atoms with Gasteiger partial charge in [0.1, 0.15) is 5.60 Å². The molecule has 1 aliphatic carbocycles. The van der Waals surface area contributed by atoms with Crippen molar-refractivity contribution in [2.24, 2.45) is 11.8 Å². The first-order valence-electron chi connectivity index (χ1n) is 10.2. The molecule has 2 fully saturated rings. The molecule has 0 aromatic heterocycles. The summed E-state index contributed by atoms with van der Waals surface area (Å²) in [6.07, 6.45) is 7.50. The number of carbonyl (C=O) groups is 2. The maximum Gasteiger partial charge on any atom is 0.338 e. The van der Waals surface area contributed by atoms with Gasteiger partial charge in [0, 0.05) is 5.69 Å². The Morgan fingerprint density at radius 1 is 1.04 bits per heavy atom. The lowest BCUT2D eigenvalue weighted by atomic mass is 9.76. The number of anilines is 1. The Bertz CT molecular complexity index is 657. The fourth-order valence-corrected chi connectivity index (χ4v) is 4.33. The molecule has 5 nitrogen and oxygen atoms in total. The summed E-state index contributed by atoms with van der Waals surface area (Å²) in [6, 6.07) is 6.82. The van der Waals surface area contributed by atoms with E-state index in [9.17, 15) is 9.59 Å². The van der Waals surface area contributed by atoms with Gasteiger partial charge < -0.3 is 15.4 Å². The number of esters is 1. The van der Waals surface area contributed by atoms with Crippen molar-refractivity contribution in [1.82, 2.24) is 5.32 Å². The highest BCUT2D eigenvalue weighted by Gasteiger charge is 2.38. The topological polar surface area (TPSA) is 67.4 Å². The van der Waals surface area contributed by atoms with Gasteiger partial charge >= 0.3 is 5.97 Å². The first kappa shape index (κ1) is 19.9. The van der Waals surface area contributed by atoms with E-state index in [2.05, 4.69) is 10.6 Å². The Balaban J connectivity index is 1.59. The molecule has 2 aliphatic rings. The van der Waals surface area contributed by atoms with Crippen LogP contribution in [0.5, 0.6) is 0 Å². The van der Waals surface area contributed by atoms with Gasteiger partial charge in [-0.05, 0) is 69.8 Å². The van der Waals surface area contributed by atoms with Crippen LogP contribution in [0.4, 0.5) is 5.69 Å². The summed E-state index contributed by atoms with van der Waals surface area (Å²) in [5, 5.41) is 6.41. The molecule has 148 valence electrons. The van der Waals surface area contributed by atoms with Crippen LogP contribution < -0.4 is 10.6 Å². The van der Waals surface area contributed by atoms with E-state index in [1.54, 1.807) is 24.3 Å². The lowest BCUT2D eigenvalue weighted by molar-refractivity contribution is -0.119. The van der Waals surface area contributed by atoms with Crippen LogP contribution in [0.25, 0.3) is 0 Å². The van der Waals surface area contributed by atoms with Gasteiger partial charge in [0.05, 0.1) is 11.6 Å². The molecular weight excluding hydrogens is 340 g/mol. The van der Waals surface area contributed by atoms with Gasteiger partial charge in [-0.3, -0.25) is 4.79 Å². The van der Waals surface area contributed by atoms with Crippen molar-refractivity contribution in [3.8, 4) is 0 Å². The highest BCUT2D eigenvalue weighted by atomic mass is 16.6. The van der Waals surface area contributed by atoms with E-state index in [4.69, 9.17) is 4.74 Å². The van der Waals surface area contributed by atoms with Gasteiger partial charge in [-0.1, -0.05) is 32.1 Å². The molecule has 2 N–H and O–H groups in total. The van der Waals surface area contributed by atoms with E-state index in [-0.39, 0.29) is 17.9 Å². The number of nitrogens with one attached hydrogen (secondary N) is 2. The molecule has 2 atom stereocenters. The average molecular weight is 373 g/mol. The van der Waals surface area contributed by atoms with Crippen molar-refractivity contribution < 1.29 is 14.3 Å². The fraction of sp³-hybridized carbons (Fsp3) is 0.636. The molecule has 0 spiro atoms. The average Bonchev–Trinajstić information content (AvgIpc) is 3.11. The molecule has 27 heavy (non-hydrogen) atoms. The van der Waals surface area contributed by atoms with E-state index in [0.29, 0.717) is 23.1 Å².